The maximum absolute atomic E-state index is 13.3. The van der Waals surface area contributed by atoms with Gasteiger partial charge in [0.1, 0.15) is 42.4 Å². The van der Waals surface area contributed by atoms with Gasteiger partial charge in [-0.2, -0.15) is 0 Å². The van der Waals surface area contributed by atoms with Crippen LogP contribution in [0.2, 0.25) is 0 Å². The summed E-state index contributed by atoms with van der Waals surface area (Å²) in [4.78, 5) is 52.3. The Bertz CT molecular complexity index is 1350. The van der Waals surface area contributed by atoms with E-state index >= 15 is 0 Å². The van der Waals surface area contributed by atoms with Gasteiger partial charge in [0.25, 0.3) is 0 Å². The Labute approximate surface area is 337 Å². The molecular weight excluding hydrogens is 746 g/mol. The molecule has 0 radical (unpaired) electrons. The average molecular weight is 814 g/mol. The third-order valence-electron chi connectivity index (χ3n) is 10.9. The number of esters is 3. The van der Waals surface area contributed by atoms with Gasteiger partial charge in [-0.1, -0.05) is 45.1 Å². The lowest BCUT2D eigenvalue weighted by Gasteiger charge is -2.50. The largest absolute Gasteiger partial charge is 0.462 e. The molecule has 0 spiro atoms. The molecule has 57 heavy (non-hydrogen) atoms. The highest BCUT2D eigenvalue weighted by Gasteiger charge is 2.53. The van der Waals surface area contributed by atoms with Crippen LogP contribution < -0.4 is 0 Å². The number of hydrogen-bond acceptors (Lipinski definition) is 16. The third kappa shape index (κ3) is 13.6. The molecule has 3 N–H and O–H groups in total. The van der Waals surface area contributed by atoms with Crippen molar-refractivity contribution in [3.8, 4) is 0 Å². The summed E-state index contributed by atoms with van der Waals surface area (Å²) in [6, 6.07) is -0.779. The second-order valence-electron chi connectivity index (χ2n) is 16.0. The second kappa shape index (κ2) is 22.5. The Morgan fingerprint density at radius 2 is 1.63 bits per heavy atom. The quantitative estimate of drug-likeness (QED) is 0.147. The van der Waals surface area contributed by atoms with Gasteiger partial charge in [-0.15, -0.1) is 0 Å². The smallest absolute Gasteiger partial charge is 0.309 e. The van der Waals surface area contributed by atoms with Crippen LogP contribution in [0.15, 0.2) is 24.3 Å². The maximum atomic E-state index is 13.3. The van der Waals surface area contributed by atoms with E-state index in [1.165, 1.54) is 7.11 Å². The standard InChI is InChI=1S/C41H67NO15/c1-11-30(45)54-29-21-32(47)51-24(4)16-14-13-15-17-28(44)23(3)20-27(18-19-43)37(38(29)50-10)57-40-35(48)34(42(8)9)36(25(5)53-40)56-33-22-41(7,49)39(26(6)52-33)55-31(46)12-2/h13-15,17,19,23-29,33-40,44,48-49H,11-12,16,18,20-22H2,1-10H3/b14-13+,17-15+/t23-,24-,25+,26-,27+,28+,29-,33-,34+,35+,36-,37+,38+,39+,40+,41-/m0/s1. The van der Waals surface area contributed by atoms with Crippen molar-refractivity contribution in [2.45, 2.75) is 179 Å². The van der Waals surface area contributed by atoms with Crippen molar-refractivity contribution in [2.75, 3.05) is 21.2 Å². The van der Waals surface area contributed by atoms with E-state index in [2.05, 4.69) is 0 Å². The number of nitrogens with zero attached hydrogens (tertiary/aromatic N) is 1. The molecular formula is C41H67NO15. The number of ether oxygens (including phenoxy) is 8. The predicted molar refractivity (Wildman–Crippen MR) is 205 cm³/mol. The highest BCUT2D eigenvalue weighted by Crippen LogP contribution is 2.37. The molecule has 0 aromatic carbocycles. The first-order chi connectivity index (χ1) is 26.9. The molecule has 3 aliphatic heterocycles. The van der Waals surface area contributed by atoms with Crippen LogP contribution in [0.5, 0.6) is 0 Å². The zero-order chi connectivity index (χ0) is 42.6. The van der Waals surface area contributed by atoms with Gasteiger partial charge in [-0.05, 0) is 60.0 Å². The molecule has 0 amide bonds. The summed E-state index contributed by atoms with van der Waals surface area (Å²) in [5.74, 6) is -2.82. The van der Waals surface area contributed by atoms with Crippen LogP contribution >= 0.6 is 0 Å². The number of rotatable bonds is 12. The van der Waals surface area contributed by atoms with Crippen LogP contribution in [0.25, 0.3) is 0 Å². The van der Waals surface area contributed by atoms with Gasteiger partial charge in [-0.3, -0.25) is 14.4 Å². The highest BCUT2D eigenvalue weighted by molar-refractivity contribution is 5.72. The van der Waals surface area contributed by atoms with Gasteiger partial charge in [0, 0.05) is 39.2 Å². The van der Waals surface area contributed by atoms with Crippen molar-refractivity contribution in [1.29, 1.82) is 0 Å². The highest BCUT2D eigenvalue weighted by atomic mass is 16.7. The Morgan fingerprint density at radius 3 is 2.23 bits per heavy atom. The Hall–Kier alpha value is -2.80. The first-order valence-electron chi connectivity index (χ1n) is 20.1. The fourth-order valence-electron chi connectivity index (χ4n) is 7.82. The zero-order valence-electron chi connectivity index (χ0n) is 35.2. The monoisotopic (exact) mass is 813 g/mol. The van der Waals surface area contributed by atoms with Crippen LogP contribution in [0, 0.1) is 11.8 Å². The van der Waals surface area contributed by atoms with Crippen molar-refractivity contribution >= 4 is 24.2 Å². The molecule has 0 unspecified atom stereocenters. The summed E-state index contributed by atoms with van der Waals surface area (Å²) in [7, 11) is 4.86. The molecule has 16 atom stereocenters. The number of carbonyl (C=O) groups is 4. The van der Waals surface area contributed by atoms with Crippen LogP contribution in [0.1, 0.15) is 93.4 Å². The SMILES string of the molecule is CCC(=O)O[C@H]1CC(=O)O[C@@H](C)C/C=C/C=C/[C@@H](O)[C@@H](C)C[C@@H](CC=O)[C@@H](O[C@H]2O[C@H](C)[C@H](O[C@H]3C[C@](C)(O)[C@H](OC(=O)CC)[C@H](C)O3)[C@H](N(C)C)[C@H]2O)[C@@H]1OC. The Kier molecular flexibility index (Phi) is 19.2. The normalized spacial score (nSPS) is 41.1. The maximum Gasteiger partial charge on any atom is 0.309 e. The molecule has 2 fully saturated rings. The molecule has 16 nitrogen and oxygen atoms in total. The number of aliphatic hydroxyl groups excluding tert-OH is 2. The lowest BCUT2D eigenvalue weighted by atomic mass is 9.82. The molecule has 0 saturated carbocycles. The van der Waals surface area contributed by atoms with Gasteiger partial charge >= 0.3 is 17.9 Å². The van der Waals surface area contributed by atoms with Gasteiger partial charge in [-0.25, -0.2) is 0 Å². The molecule has 0 bridgehead atoms. The first kappa shape index (κ1) is 48.6. The molecule has 326 valence electrons. The third-order valence-corrected chi connectivity index (χ3v) is 10.9. The summed E-state index contributed by atoms with van der Waals surface area (Å²) in [6.45, 7) is 11.8. The summed E-state index contributed by atoms with van der Waals surface area (Å²) < 4.78 is 48.5. The van der Waals surface area contributed by atoms with Crippen molar-refractivity contribution in [3.05, 3.63) is 24.3 Å². The predicted octanol–water partition coefficient (Wildman–Crippen LogP) is 2.77. The van der Waals surface area contributed by atoms with Crippen molar-refractivity contribution in [3.63, 3.8) is 0 Å². The number of carbonyl (C=O) groups excluding carboxylic acids is 4. The zero-order valence-corrected chi connectivity index (χ0v) is 35.2. The number of cyclic esters (lactones) is 1. The average Bonchev–Trinajstić information content (AvgIpc) is 3.13. The van der Waals surface area contributed by atoms with Crippen molar-refractivity contribution < 1.29 is 72.4 Å². The van der Waals surface area contributed by atoms with E-state index in [1.54, 1.807) is 78.8 Å². The van der Waals surface area contributed by atoms with E-state index in [0.29, 0.717) is 12.7 Å². The Morgan fingerprint density at radius 1 is 0.965 bits per heavy atom. The topological polar surface area (TPSA) is 206 Å². The first-order valence-corrected chi connectivity index (χ1v) is 20.1. The molecule has 3 heterocycles. The molecule has 2 saturated heterocycles. The van der Waals surface area contributed by atoms with Crippen molar-refractivity contribution in [1.82, 2.24) is 4.90 Å². The fourth-order valence-corrected chi connectivity index (χ4v) is 7.82. The van der Waals surface area contributed by atoms with Gasteiger partial charge in [0.05, 0.1) is 36.9 Å². The molecule has 3 rings (SSSR count). The molecule has 0 aliphatic carbocycles. The van der Waals surface area contributed by atoms with Crippen LogP contribution in [0.3, 0.4) is 0 Å². The number of methoxy groups -OCH3 is 1. The van der Waals surface area contributed by atoms with Crippen LogP contribution in [0.4, 0.5) is 0 Å². The number of allylic oxidation sites excluding steroid dienone is 2. The summed E-state index contributed by atoms with van der Waals surface area (Å²) in [6.07, 6.45) is -4.08. The summed E-state index contributed by atoms with van der Waals surface area (Å²) in [5.41, 5.74) is -1.49. The summed E-state index contributed by atoms with van der Waals surface area (Å²) in [5, 5.41) is 34.5. The van der Waals surface area contributed by atoms with E-state index in [9.17, 15) is 34.5 Å². The van der Waals surface area contributed by atoms with Gasteiger partial charge < -0.3 is 62.9 Å². The minimum atomic E-state index is -1.49. The van der Waals surface area contributed by atoms with E-state index in [-0.39, 0.29) is 32.1 Å². The van der Waals surface area contributed by atoms with E-state index in [0.717, 1.165) is 0 Å². The summed E-state index contributed by atoms with van der Waals surface area (Å²) >= 11 is 0. The lowest BCUT2D eigenvalue weighted by Crippen LogP contribution is -2.66. The van der Waals surface area contributed by atoms with E-state index in [1.807, 2.05) is 13.0 Å². The Balaban J connectivity index is 2.01. The minimum Gasteiger partial charge on any atom is -0.462 e. The molecule has 0 aromatic rings. The number of likely N-dealkylation sites (N-methyl/N-ethyl adjacent to an activating group) is 1. The number of aldehydes is 1. The van der Waals surface area contributed by atoms with Crippen LogP contribution in [-0.4, -0.2) is 151 Å². The van der Waals surface area contributed by atoms with Gasteiger partial charge in [0.2, 0.25) is 0 Å². The lowest BCUT2D eigenvalue weighted by molar-refractivity contribution is -0.344. The minimum absolute atomic E-state index is 0.000633. The number of aliphatic hydroxyl groups is 3. The van der Waals surface area contributed by atoms with Crippen molar-refractivity contribution in [2.24, 2.45) is 11.8 Å². The van der Waals surface area contributed by atoms with E-state index < -0.39 is 121 Å². The second-order valence-corrected chi connectivity index (χ2v) is 16.0. The molecule has 0 aromatic heterocycles. The van der Waals surface area contributed by atoms with Crippen LogP contribution in [-0.2, 0) is 57.1 Å². The molecule has 3 aliphatic rings. The number of hydrogen-bond donors (Lipinski definition) is 3. The van der Waals surface area contributed by atoms with Gasteiger partial charge in [0.15, 0.2) is 18.7 Å². The van der Waals surface area contributed by atoms with E-state index in [4.69, 9.17) is 37.9 Å². The molecule has 16 heteroatoms. The fraction of sp³-hybridized carbons (Fsp3) is 0.805.